The van der Waals surface area contributed by atoms with Crippen LogP contribution < -0.4 is 0 Å². The molecule has 1 fully saturated rings. The zero-order chi connectivity index (χ0) is 20.2. The van der Waals surface area contributed by atoms with Crippen molar-refractivity contribution in [3.63, 3.8) is 0 Å². The van der Waals surface area contributed by atoms with Gasteiger partial charge in [0.05, 0.1) is 18.0 Å². The molecule has 0 radical (unpaired) electrons. The third kappa shape index (κ3) is 4.71. The first-order valence-electron chi connectivity index (χ1n) is 10.0. The second-order valence-corrected chi connectivity index (χ2v) is 7.77. The molecule has 4 rings (SSSR count). The fourth-order valence-corrected chi connectivity index (χ4v) is 4.12. The minimum Gasteiger partial charge on any atom is -0.392 e. The van der Waals surface area contributed by atoms with Gasteiger partial charge in [0.2, 0.25) is 0 Å². The topological polar surface area (TPSA) is 52.1 Å². The second kappa shape index (κ2) is 8.84. The Bertz CT molecular complexity index is 936. The quantitative estimate of drug-likeness (QED) is 0.656. The summed E-state index contributed by atoms with van der Waals surface area (Å²) >= 11 is 0. The Hall–Kier alpha value is -2.57. The van der Waals surface area contributed by atoms with Crippen LogP contribution in [0.15, 0.2) is 54.7 Å². The first kappa shape index (κ1) is 19.7. The van der Waals surface area contributed by atoms with E-state index in [1.54, 1.807) is 6.20 Å². The van der Waals surface area contributed by atoms with E-state index >= 15 is 0 Å². The summed E-state index contributed by atoms with van der Waals surface area (Å²) in [5.41, 5.74) is 2.96. The van der Waals surface area contributed by atoms with E-state index in [2.05, 4.69) is 15.1 Å². The lowest BCUT2D eigenvalue weighted by molar-refractivity contribution is 0.0577. The van der Waals surface area contributed by atoms with Crippen molar-refractivity contribution in [2.24, 2.45) is 5.92 Å². The number of hydrogen-bond acceptors (Lipinski definition) is 3. The molecule has 0 aliphatic carbocycles. The van der Waals surface area contributed by atoms with Crippen molar-refractivity contribution in [2.75, 3.05) is 13.1 Å². The molecule has 0 spiro atoms. The number of rotatable bonds is 6. The molecule has 1 aliphatic rings. The summed E-state index contributed by atoms with van der Waals surface area (Å²) in [6.07, 6.45) is 3.89. The lowest BCUT2D eigenvalue weighted by Gasteiger charge is -2.34. The van der Waals surface area contributed by atoms with Gasteiger partial charge in [-0.25, -0.2) is 8.78 Å². The fourth-order valence-electron chi connectivity index (χ4n) is 4.12. The van der Waals surface area contributed by atoms with Gasteiger partial charge in [-0.1, -0.05) is 30.3 Å². The van der Waals surface area contributed by atoms with Gasteiger partial charge < -0.3 is 5.11 Å². The van der Waals surface area contributed by atoms with Gasteiger partial charge >= 0.3 is 0 Å². The molecule has 152 valence electrons. The summed E-state index contributed by atoms with van der Waals surface area (Å²) < 4.78 is 27.4. The van der Waals surface area contributed by atoms with E-state index < -0.39 is 11.6 Å². The highest BCUT2D eigenvalue weighted by atomic mass is 19.1. The van der Waals surface area contributed by atoms with Crippen LogP contribution in [0.1, 0.15) is 24.0 Å². The van der Waals surface area contributed by atoms with Crippen molar-refractivity contribution in [1.29, 1.82) is 0 Å². The Morgan fingerprint density at radius 3 is 2.59 bits per heavy atom. The number of aliphatic hydroxyl groups is 1. The number of aromatic amines is 1. The minimum absolute atomic E-state index is 0.282. The molecule has 0 amide bonds. The molecule has 2 N–H and O–H groups in total. The molecule has 1 saturated heterocycles. The highest BCUT2D eigenvalue weighted by molar-refractivity contribution is 5.63. The Balaban J connectivity index is 1.35. The van der Waals surface area contributed by atoms with E-state index in [1.807, 2.05) is 30.3 Å². The fraction of sp³-hybridized carbons (Fsp3) is 0.348. The van der Waals surface area contributed by atoms with Crippen molar-refractivity contribution in [3.05, 3.63) is 77.5 Å². The van der Waals surface area contributed by atoms with Gasteiger partial charge in [0.25, 0.3) is 0 Å². The van der Waals surface area contributed by atoms with Crippen LogP contribution in [0.4, 0.5) is 8.78 Å². The van der Waals surface area contributed by atoms with Crippen LogP contribution in [-0.4, -0.2) is 39.4 Å². The van der Waals surface area contributed by atoms with E-state index in [9.17, 15) is 13.9 Å². The third-order valence-electron chi connectivity index (χ3n) is 5.78. The average Bonchev–Trinajstić information content (AvgIpc) is 3.17. The summed E-state index contributed by atoms with van der Waals surface area (Å²) in [6, 6.07) is 13.7. The summed E-state index contributed by atoms with van der Waals surface area (Å²) in [4.78, 5) is 2.29. The van der Waals surface area contributed by atoms with Crippen LogP contribution in [0.5, 0.6) is 0 Å². The molecular formula is C23H25F2N3O. The molecular weight excluding hydrogens is 372 g/mol. The zero-order valence-electron chi connectivity index (χ0n) is 16.2. The van der Waals surface area contributed by atoms with Gasteiger partial charge in [-0.05, 0) is 56.0 Å². The van der Waals surface area contributed by atoms with Crippen molar-refractivity contribution >= 4 is 0 Å². The summed E-state index contributed by atoms with van der Waals surface area (Å²) in [5.74, 6) is -0.911. The maximum atomic E-state index is 14.2. The Morgan fingerprint density at radius 2 is 1.86 bits per heavy atom. The number of likely N-dealkylation sites (tertiary alicyclic amines) is 1. The standard InChI is InChI=1S/C23H25F2N3O/c24-19-6-7-20(21(25)13-19)23-18(14-26-27-23)15-28-10-8-17(9-11-28)22(29)12-16-4-2-1-3-5-16/h1-7,13-14,17,22,29H,8-12,15H2,(H,26,27)/t22-/m0/s1. The second-order valence-electron chi connectivity index (χ2n) is 7.77. The molecule has 29 heavy (non-hydrogen) atoms. The van der Waals surface area contributed by atoms with Crippen LogP contribution in [0, 0.1) is 17.6 Å². The van der Waals surface area contributed by atoms with Crippen LogP contribution in [-0.2, 0) is 13.0 Å². The molecule has 1 aromatic heterocycles. The van der Waals surface area contributed by atoms with Gasteiger partial charge in [-0.15, -0.1) is 0 Å². The maximum Gasteiger partial charge on any atom is 0.135 e. The van der Waals surface area contributed by atoms with E-state index in [4.69, 9.17) is 0 Å². The summed E-state index contributed by atoms with van der Waals surface area (Å²) in [7, 11) is 0. The highest BCUT2D eigenvalue weighted by Gasteiger charge is 2.26. The molecule has 4 nitrogen and oxygen atoms in total. The zero-order valence-corrected chi connectivity index (χ0v) is 16.2. The molecule has 1 aliphatic heterocycles. The van der Waals surface area contributed by atoms with Crippen molar-refractivity contribution in [1.82, 2.24) is 15.1 Å². The molecule has 6 heteroatoms. The number of benzene rings is 2. The maximum absolute atomic E-state index is 14.2. The molecule has 1 atom stereocenters. The molecule has 0 bridgehead atoms. The third-order valence-corrected chi connectivity index (χ3v) is 5.78. The Kier molecular flexibility index (Phi) is 6.02. The van der Waals surface area contributed by atoms with Gasteiger partial charge in [0.15, 0.2) is 0 Å². The number of aliphatic hydroxyl groups excluding tert-OH is 1. The van der Waals surface area contributed by atoms with Gasteiger partial charge in [-0.2, -0.15) is 5.10 Å². The molecule has 0 saturated carbocycles. The summed E-state index contributed by atoms with van der Waals surface area (Å²) in [6.45, 7) is 2.38. The molecule has 0 unspecified atom stereocenters. The normalized spacial score (nSPS) is 16.8. The molecule has 2 aromatic carbocycles. The van der Waals surface area contributed by atoms with E-state index in [0.717, 1.165) is 43.1 Å². The molecule has 2 heterocycles. The van der Waals surface area contributed by atoms with Crippen LogP contribution in [0.2, 0.25) is 0 Å². The number of halogens is 2. The van der Waals surface area contributed by atoms with Gasteiger partial charge in [0, 0.05) is 23.7 Å². The predicted octanol–water partition coefficient (Wildman–Crippen LogP) is 4.17. The lowest BCUT2D eigenvalue weighted by atomic mass is 9.88. The minimum atomic E-state index is -0.599. The first-order chi connectivity index (χ1) is 14.1. The number of nitrogens with zero attached hydrogens (tertiary/aromatic N) is 2. The molecule has 3 aromatic rings. The van der Waals surface area contributed by atoms with Crippen molar-refractivity contribution in [3.8, 4) is 11.3 Å². The van der Waals surface area contributed by atoms with Crippen molar-refractivity contribution in [2.45, 2.75) is 31.9 Å². The van der Waals surface area contributed by atoms with Crippen LogP contribution >= 0.6 is 0 Å². The van der Waals surface area contributed by atoms with E-state index in [-0.39, 0.29) is 12.0 Å². The van der Waals surface area contributed by atoms with E-state index in [1.165, 1.54) is 12.1 Å². The number of piperidine rings is 1. The van der Waals surface area contributed by atoms with Crippen LogP contribution in [0.3, 0.4) is 0 Å². The van der Waals surface area contributed by atoms with Crippen LogP contribution in [0.25, 0.3) is 11.3 Å². The first-order valence-corrected chi connectivity index (χ1v) is 10.0. The lowest BCUT2D eigenvalue weighted by Crippen LogP contribution is -2.38. The number of H-pyrrole nitrogens is 1. The number of hydrogen-bond donors (Lipinski definition) is 2. The largest absolute Gasteiger partial charge is 0.392 e. The number of nitrogens with one attached hydrogen (secondary N) is 1. The summed E-state index contributed by atoms with van der Waals surface area (Å²) in [5, 5.41) is 17.5. The SMILES string of the molecule is O[C@@H](Cc1ccccc1)C1CCN(Cc2cn[nH]c2-c2ccc(F)cc2F)CC1. The van der Waals surface area contributed by atoms with Crippen molar-refractivity contribution < 1.29 is 13.9 Å². The predicted molar refractivity (Wildman–Crippen MR) is 108 cm³/mol. The van der Waals surface area contributed by atoms with E-state index in [0.29, 0.717) is 24.2 Å². The average molecular weight is 397 g/mol. The van der Waals surface area contributed by atoms with Gasteiger partial charge in [0.1, 0.15) is 11.6 Å². The monoisotopic (exact) mass is 397 g/mol. The van der Waals surface area contributed by atoms with Gasteiger partial charge in [-0.3, -0.25) is 10.00 Å². The Morgan fingerprint density at radius 1 is 1.10 bits per heavy atom. The Labute approximate surface area is 169 Å². The smallest absolute Gasteiger partial charge is 0.135 e. The highest BCUT2D eigenvalue weighted by Crippen LogP contribution is 2.28. The number of aromatic nitrogens is 2.